The molecule has 130 valence electrons. The van der Waals surface area contributed by atoms with E-state index in [4.69, 9.17) is 4.74 Å². The summed E-state index contributed by atoms with van der Waals surface area (Å²) >= 11 is 0. The number of rotatable bonds is 11. The van der Waals surface area contributed by atoms with Gasteiger partial charge in [-0.1, -0.05) is 65.7 Å². The maximum absolute atomic E-state index is 11.2. The zero-order chi connectivity index (χ0) is 17.3. The first-order chi connectivity index (χ1) is 10.9. The highest BCUT2D eigenvalue weighted by Crippen LogP contribution is 2.36. The van der Waals surface area contributed by atoms with Gasteiger partial charge in [-0.05, 0) is 30.0 Å². The maximum Gasteiger partial charge on any atom is 0.335 e. The molecule has 1 N–H and O–H groups in total. The van der Waals surface area contributed by atoms with Gasteiger partial charge in [-0.2, -0.15) is 0 Å². The summed E-state index contributed by atoms with van der Waals surface area (Å²) in [7, 11) is 1.64. The number of carboxylic acid groups (broad SMARTS) is 1. The number of carboxylic acids is 1. The van der Waals surface area contributed by atoms with Gasteiger partial charge in [-0.25, -0.2) is 4.79 Å². The lowest BCUT2D eigenvalue weighted by molar-refractivity contribution is 0.0696. The first kappa shape index (κ1) is 19.5. The third kappa shape index (κ3) is 6.25. The SMILES string of the molecule is CCCCCCCCCC(C)(C)c1cc(C(=O)O)ccc1OC. The molecule has 0 aromatic heterocycles. The van der Waals surface area contributed by atoms with Crippen LogP contribution in [0.5, 0.6) is 5.75 Å². The van der Waals surface area contributed by atoms with E-state index in [2.05, 4.69) is 20.8 Å². The van der Waals surface area contributed by atoms with E-state index in [-0.39, 0.29) is 5.41 Å². The van der Waals surface area contributed by atoms with Crippen molar-refractivity contribution < 1.29 is 14.6 Å². The zero-order valence-electron chi connectivity index (χ0n) is 15.2. The molecule has 23 heavy (non-hydrogen) atoms. The van der Waals surface area contributed by atoms with Crippen molar-refractivity contribution in [3.8, 4) is 5.75 Å². The fourth-order valence-electron chi connectivity index (χ4n) is 3.03. The van der Waals surface area contributed by atoms with Crippen LogP contribution in [0.4, 0.5) is 0 Å². The minimum absolute atomic E-state index is 0.0831. The Kier molecular flexibility index (Phi) is 8.15. The van der Waals surface area contributed by atoms with Crippen LogP contribution in [-0.2, 0) is 5.41 Å². The van der Waals surface area contributed by atoms with Crippen LogP contribution in [0, 0.1) is 0 Å². The molecular weight excluding hydrogens is 288 g/mol. The second kappa shape index (κ2) is 9.59. The minimum Gasteiger partial charge on any atom is -0.496 e. The number of aromatic carboxylic acids is 1. The Hall–Kier alpha value is -1.51. The molecule has 3 heteroatoms. The summed E-state index contributed by atoms with van der Waals surface area (Å²) in [6.45, 7) is 6.59. The molecule has 0 heterocycles. The molecule has 0 saturated heterocycles. The fraction of sp³-hybridized carbons (Fsp3) is 0.650. The summed E-state index contributed by atoms with van der Waals surface area (Å²) in [6, 6.07) is 5.14. The van der Waals surface area contributed by atoms with Crippen molar-refractivity contribution in [1.82, 2.24) is 0 Å². The van der Waals surface area contributed by atoms with E-state index in [1.807, 2.05) is 0 Å². The number of hydrogen-bond acceptors (Lipinski definition) is 2. The van der Waals surface area contributed by atoms with Gasteiger partial charge in [0.05, 0.1) is 12.7 Å². The second-order valence-electron chi connectivity index (χ2n) is 6.98. The van der Waals surface area contributed by atoms with Crippen LogP contribution in [0.2, 0.25) is 0 Å². The molecule has 0 amide bonds. The van der Waals surface area contributed by atoms with Crippen molar-refractivity contribution in [3.05, 3.63) is 29.3 Å². The number of unbranched alkanes of at least 4 members (excludes halogenated alkanes) is 6. The van der Waals surface area contributed by atoms with E-state index in [1.165, 1.54) is 44.9 Å². The molecule has 0 aliphatic heterocycles. The Morgan fingerprint density at radius 3 is 2.26 bits per heavy atom. The monoisotopic (exact) mass is 320 g/mol. The Morgan fingerprint density at radius 2 is 1.70 bits per heavy atom. The average Bonchev–Trinajstić information content (AvgIpc) is 2.53. The van der Waals surface area contributed by atoms with Gasteiger partial charge in [0.1, 0.15) is 5.75 Å². The van der Waals surface area contributed by atoms with Gasteiger partial charge < -0.3 is 9.84 Å². The van der Waals surface area contributed by atoms with Crippen LogP contribution in [0.15, 0.2) is 18.2 Å². The average molecular weight is 320 g/mol. The van der Waals surface area contributed by atoms with Gasteiger partial charge in [0.2, 0.25) is 0 Å². The van der Waals surface area contributed by atoms with Crippen LogP contribution >= 0.6 is 0 Å². The molecule has 0 fully saturated rings. The Bertz CT molecular complexity index is 492. The normalized spacial score (nSPS) is 11.5. The molecule has 0 spiro atoms. The molecule has 0 radical (unpaired) electrons. The van der Waals surface area contributed by atoms with Gasteiger partial charge in [-0.15, -0.1) is 0 Å². The Balaban J connectivity index is 2.64. The van der Waals surface area contributed by atoms with Crippen LogP contribution in [0.25, 0.3) is 0 Å². The van der Waals surface area contributed by atoms with Gasteiger partial charge in [0, 0.05) is 5.56 Å². The van der Waals surface area contributed by atoms with Gasteiger partial charge in [0.15, 0.2) is 0 Å². The predicted molar refractivity (Wildman–Crippen MR) is 95.6 cm³/mol. The third-order valence-electron chi connectivity index (χ3n) is 4.58. The highest BCUT2D eigenvalue weighted by molar-refractivity contribution is 5.88. The van der Waals surface area contributed by atoms with E-state index < -0.39 is 5.97 Å². The van der Waals surface area contributed by atoms with Crippen molar-refractivity contribution in [2.75, 3.05) is 7.11 Å². The van der Waals surface area contributed by atoms with Crippen LogP contribution in [-0.4, -0.2) is 18.2 Å². The maximum atomic E-state index is 11.2. The minimum atomic E-state index is -0.888. The van der Waals surface area contributed by atoms with Gasteiger partial charge >= 0.3 is 5.97 Å². The highest BCUT2D eigenvalue weighted by atomic mass is 16.5. The molecule has 1 rings (SSSR count). The molecule has 0 saturated carbocycles. The summed E-state index contributed by atoms with van der Waals surface area (Å²) in [5.41, 5.74) is 1.24. The molecular formula is C20H32O3. The standard InChI is InChI=1S/C20H32O3/c1-5-6-7-8-9-10-11-14-20(2,3)17-15-16(19(21)22)12-13-18(17)23-4/h12-13,15H,5-11,14H2,1-4H3,(H,21,22). The van der Waals surface area contributed by atoms with E-state index >= 15 is 0 Å². The number of ether oxygens (including phenoxy) is 1. The smallest absolute Gasteiger partial charge is 0.335 e. The van der Waals surface area contributed by atoms with Crippen LogP contribution < -0.4 is 4.74 Å². The lowest BCUT2D eigenvalue weighted by Gasteiger charge is -2.27. The van der Waals surface area contributed by atoms with E-state index in [0.29, 0.717) is 5.56 Å². The summed E-state index contributed by atoms with van der Waals surface area (Å²) in [6.07, 6.45) is 10.0. The first-order valence-electron chi connectivity index (χ1n) is 8.84. The van der Waals surface area contributed by atoms with Crippen molar-refractivity contribution in [3.63, 3.8) is 0 Å². The van der Waals surface area contributed by atoms with Crippen molar-refractivity contribution >= 4 is 5.97 Å². The first-order valence-corrected chi connectivity index (χ1v) is 8.84. The molecule has 1 aromatic rings. The Morgan fingerprint density at radius 1 is 1.09 bits per heavy atom. The van der Waals surface area contributed by atoms with Crippen LogP contribution in [0.3, 0.4) is 0 Å². The van der Waals surface area contributed by atoms with Gasteiger partial charge in [0.25, 0.3) is 0 Å². The summed E-state index contributed by atoms with van der Waals surface area (Å²) in [5, 5.41) is 9.21. The molecule has 1 aromatic carbocycles. The fourth-order valence-corrected chi connectivity index (χ4v) is 3.03. The molecule has 0 aliphatic rings. The molecule has 0 bridgehead atoms. The third-order valence-corrected chi connectivity index (χ3v) is 4.58. The largest absolute Gasteiger partial charge is 0.496 e. The highest BCUT2D eigenvalue weighted by Gasteiger charge is 2.25. The topological polar surface area (TPSA) is 46.5 Å². The molecule has 0 atom stereocenters. The molecule has 3 nitrogen and oxygen atoms in total. The summed E-state index contributed by atoms with van der Waals surface area (Å²) in [4.78, 5) is 11.2. The quantitative estimate of drug-likeness (QED) is 0.523. The number of methoxy groups -OCH3 is 1. The van der Waals surface area contributed by atoms with E-state index in [1.54, 1.807) is 25.3 Å². The lowest BCUT2D eigenvalue weighted by Crippen LogP contribution is -2.19. The van der Waals surface area contributed by atoms with Crippen molar-refractivity contribution in [2.45, 2.75) is 77.6 Å². The summed E-state index contributed by atoms with van der Waals surface area (Å²) < 4.78 is 5.45. The van der Waals surface area contributed by atoms with Gasteiger partial charge in [-0.3, -0.25) is 0 Å². The number of carbonyl (C=O) groups is 1. The summed E-state index contributed by atoms with van der Waals surface area (Å²) in [5.74, 6) is -0.108. The van der Waals surface area contributed by atoms with E-state index in [0.717, 1.165) is 17.7 Å². The van der Waals surface area contributed by atoms with Crippen molar-refractivity contribution in [2.24, 2.45) is 0 Å². The predicted octanol–water partition coefficient (Wildman–Crippen LogP) is 5.81. The number of hydrogen-bond donors (Lipinski definition) is 1. The van der Waals surface area contributed by atoms with E-state index in [9.17, 15) is 9.90 Å². The van der Waals surface area contributed by atoms with Crippen molar-refractivity contribution in [1.29, 1.82) is 0 Å². The second-order valence-corrected chi connectivity index (χ2v) is 6.98. The molecule has 0 aliphatic carbocycles. The lowest BCUT2D eigenvalue weighted by atomic mass is 9.79. The number of benzene rings is 1. The zero-order valence-corrected chi connectivity index (χ0v) is 15.2. The Labute approximate surface area is 141 Å². The van der Waals surface area contributed by atoms with Crippen LogP contribution in [0.1, 0.15) is 88.1 Å². The molecule has 0 unspecified atom stereocenters.